The van der Waals surface area contributed by atoms with Crippen LogP contribution in [0.2, 0.25) is 0 Å². The lowest BCUT2D eigenvalue weighted by Crippen LogP contribution is -2.21. The van der Waals surface area contributed by atoms with Crippen LogP contribution in [0.4, 0.5) is 5.69 Å². The molecule has 1 radical (unpaired) electrons. The van der Waals surface area contributed by atoms with Crippen molar-refractivity contribution in [1.82, 2.24) is 0 Å². The van der Waals surface area contributed by atoms with E-state index >= 15 is 0 Å². The highest BCUT2D eigenvalue weighted by Crippen LogP contribution is 2.20. The standard InChI is InChI=1S/C14H22NO/c1-4-7-11-16-14-10-8-9-13(12-14)15(5-2)6-3/h8-9,12H,4-7,11H2,1-3H3. The van der Waals surface area contributed by atoms with E-state index in [4.69, 9.17) is 4.74 Å². The Morgan fingerprint density at radius 3 is 2.62 bits per heavy atom. The minimum absolute atomic E-state index is 0.786. The molecule has 0 atom stereocenters. The van der Waals surface area contributed by atoms with Crippen molar-refractivity contribution in [1.29, 1.82) is 0 Å². The molecule has 0 aliphatic heterocycles. The van der Waals surface area contributed by atoms with Gasteiger partial charge in [-0.3, -0.25) is 0 Å². The van der Waals surface area contributed by atoms with E-state index in [1.807, 2.05) is 6.07 Å². The lowest BCUT2D eigenvalue weighted by atomic mass is 10.2. The molecular formula is C14H22NO. The largest absolute Gasteiger partial charge is 0.493 e. The van der Waals surface area contributed by atoms with Gasteiger partial charge in [-0.15, -0.1) is 0 Å². The lowest BCUT2D eigenvalue weighted by molar-refractivity contribution is 0.309. The normalized spacial score (nSPS) is 10.2. The van der Waals surface area contributed by atoms with Crippen LogP contribution in [0.5, 0.6) is 5.75 Å². The van der Waals surface area contributed by atoms with Crippen LogP contribution in [0.1, 0.15) is 33.6 Å². The molecule has 1 aromatic carbocycles. The van der Waals surface area contributed by atoms with Crippen molar-refractivity contribution in [3.05, 3.63) is 24.3 Å². The summed E-state index contributed by atoms with van der Waals surface area (Å²) in [5.74, 6) is 0.859. The van der Waals surface area contributed by atoms with E-state index in [-0.39, 0.29) is 0 Å². The first-order chi connectivity index (χ1) is 7.81. The van der Waals surface area contributed by atoms with Crippen LogP contribution >= 0.6 is 0 Å². The molecule has 0 aliphatic rings. The molecule has 0 fully saturated rings. The van der Waals surface area contributed by atoms with Gasteiger partial charge in [0.05, 0.1) is 6.61 Å². The highest BCUT2D eigenvalue weighted by molar-refractivity contribution is 5.50. The predicted octanol–water partition coefficient (Wildman–Crippen LogP) is 3.51. The van der Waals surface area contributed by atoms with Crippen molar-refractivity contribution < 1.29 is 4.74 Å². The first kappa shape index (κ1) is 12.9. The maximum absolute atomic E-state index is 5.64. The fourth-order valence-corrected chi connectivity index (χ4v) is 1.63. The van der Waals surface area contributed by atoms with Gasteiger partial charge in [-0.05, 0) is 32.4 Å². The van der Waals surface area contributed by atoms with Gasteiger partial charge in [0.2, 0.25) is 0 Å². The Morgan fingerprint density at radius 2 is 2.00 bits per heavy atom. The van der Waals surface area contributed by atoms with Gasteiger partial charge in [0.1, 0.15) is 5.75 Å². The monoisotopic (exact) mass is 220 g/mol. The number of nitrogens with zero attached hydrogens (tertiary/aromatic N) is 1. The topological polar surface area (TPSA) is 12.5 Å². The Bertz CT molecular complexity index is 295. The second-order valence-corrected chi connectivity index (χ2v) is 3.79. The molecule has 89 valence electrons. The van der Waals surface area contributed by atoms with E-state index in [9.17, 15) is 0 Å². The molecule has 0 aromatic heterocycles. The minimum Gasteiger partial charge on any atom is -0.493 e. The summed E-state index contributed by atoms with van der Waals surface area (Å²) in [6.45, 7) is 9.33. The molecule has 0 heterocycles. The van der Waals surface area contributed by atoms with E-state index < -0.39 is 0 Å². The van der Waals surface area contributed by atoms with Crippen LogP contribution in [0.15, 0.2) is 18.2 Å². The molecular weight excluding hydrogens is 198 g/mol. The van der Waals surface area contributed by atoms with Crippen LogP contribution < -0.4 is 9.64 Å². The average molecular weight is 220 g/mol. The van der Waals surface area contributed by atoms with Gasteiger partial charge in [0.15, 0.2) is 0 Å². The van der Waals surface area contributed by atoms with Gasteiger partial charge < -0.3 is 9.64 Å². The van der Waals surface area contributed by atoms with Crippen molar-refractivity contribution in [2.45, 2.75) is 33.6 Å². The third-order valence-electron chi connectivity index (χ3n) is 2.64. The van der Waals surface area contributed by atoms with Crippen LogP contribution in [-0.4, -0.2) is 19.7 Å². The number of ether oxygens (including phenoxy) is 1. The van der Waals surface area contributed by atoms with Gasteiger partial charge >= 0.3 is 0 Å². The zero-order chi connectivity index (χ0) is 11.8. The van der Waals surface area contributed by atoms with Crippen molar-refractivity contribution in [3.8, 4) is 5.75 Å². The van der Waals surface area contributed by atoms with E-state index in [0.29, 0.717) is 0 Å². The molecule has 0 amide bonds. The molecule has 0 unspecified atom stereocenters. The van der Waals surface area contributed by atoms with Crippen molar-refractivity contribution in [2.24, 2.45) is 0 Å². The number of rotatable bonds is 7. The minimum atomic E-state index is 0.786. The predicted molar refractivity (Wildman–Crippen MR) is 69.2 cm³/mol. The second kappa shape index (κ2) is 7.15. The number of unbranched alkanes of at least 4 members (excludes halogenated alkanes) is 1. The molecule has 0 saturated heterocycles. The summed E-state index contributed by atoms with van der Waals surface area (Å²) in [5, 5.41) is 0. The van der Waals surface area contributed by atoms with Gasteiger partial charge in [-0.1, -0.05) is 13.3 Å². The zero-order valence-corrected chi connectivity index (χ0v) is 10.6. The molecule has 0 N–H and O–H groups in total. The summed E-state index contributed by atoms with van der Waals surface area (Å²) in [7, 11) is 0. The third kappa shape index (κ3) is 3.76. The van der Waals surface area contributed by atoms with E-state index in [2.05, 4.69) is 43.9 Å². The van der Waals surface area contributed by atoms with Crippen LogP contribution in [-0.2, 0) is 0 Å². The number of hydrogen-bond acceptors (Lipinski definition) is 2. The van der Waals surface area contributed by atoms with Gasteiger partial charge in [0.25, 0.3) is 0 Å². The molecule has 0 aliphatic carbocycles. The first-order valence-electron chi connectivity index (χ1n) is 6.21. The molecule has 0 spiro atoms. The summed E-state index contributed by atoms with van der Waals surface area (Å²) in [5.41, 5.74) is 1.22. The quantitative estimate of drug-likeness (QED) is 0.652. The smallest absolute Gasteiger partial charge is 0.129 e. The highest BCUT2D eigenvalue weighted by atomic mass is 16.5. The Morgan fingerprint density at radius 1 is 1.25 bits per heavy atom. The Labute approximate surface area is 99.2 Å². The van der Waals surface area contributed by atoms with Crippen molar-refractivity contribution >= 4 is 5.69 Å². The Hall–Kier alpha value is -1.18. The molecule has 1 rings (SSSR count). The van der Waals surface area contributed by atoms with E-state index in [1.165, 1.54) is 5.69 Å². The summed E-state index contributed by atoms with van der Waals surface area (Å²) in [4.78, 5) is 2.31. The van der Waals surface area contributed by atoms with E-state index in [0.717, 1.165) is 38.3 Å². The molecule has 0 bridgehead atoms. The number of hydrogen-bond donors (Lipinski definition) is 0. The Balaban J connectivity index is 2.62. The van der Waals surface area contributed by atoms with Gasteiger partial charge in [0, 0.05) is 30.9 Å². The van der Waals surface area contributed by atoms with Gasteiger partial charge in [-0.25, -0.2) is 0 Å². The lowest BCUT2D eigenvalue weighted by Gasteiger charge is -2.21. The molecule has 1 aromatic rings. The zero-order valence-electron chi connectivity index (χ0n) is 10.6. The average Bonchev–Trinajstić information content (AvgIpc) is 2.32. The second-order valence-electron chi connectivity index (χ2n) is 3.79. The highest BCUT2D eigenvalue weighted by Gasteiger charge is 2.02. The van der Waals surface area contributed by atoms with Crippen LogP contribution in [0.25, 0.3) is 0 Å². The van der Waals surface area contributed by atoms with Crippen LogP contribution in [0.3, 0.4) is 0 Å². The first-order valence-corrected chi connectivity index (χ1v) is 6.21. The van der Waals surface area contributed by atoms with E-state index in [1.54, 1.807) is 0 Å². The van der Waals surface area contributed by atoms with Crippen molar-refractivity contribution in [2.75, 3.05) is 24.6 Å². The maximum atomic E-state index is 5.64. The molecule has 2 heteroatoms. The maximum Gasteiger partial charge on any atom is 0.129 e. The molecule has 0 saturated carbocycles. The van der Waals surface area contributed by atoms with Crippen molar-refractivity contribution in [3.63, 3.8) is 0 Å². The Kier molecular flexibility index (Phi) is 5.76. The van der Waals surface area contributed by atoms with Crippen LogP contribution in [0, 0.1) is 6.07 Å². The third-order valence-corrected chi connectivity index (χ3v) is 2.64. The molecule has 2 nitrogen and oxygen atoms in total. The fraction of sp³-hybridized carbons (Fsp3) is 0.571. The molecule has 16 heavy (non-hydrogen) atoms. The fourth-order valence-electron chi connectivity index (χ4n) is 1.63. The summed E-state index contributed by atoms with van der Waals surface area (Å²) < 4.78 is 5.64. The number of anilines is 1. The van der Waals surface area contributed by atoms with Gasteiger partial charge in [-0.2, -0.15) is 0 Å². The number of benzene rings is 1. The summed E-state index contributed by atoms with van der Waals surface area (Å²) in [6.07, 6.45) is 2.26. The summed E-state index contributed by atoms with van der Waals surface area (Å²) >= 11 is 0. The SMILES string of the molecule is CCCCOc1[c]ccc(N(CC)CC)c1. The summed E-state index contributed by atoms with van der Waals surface area (Å²) in [6, 6.07) is 9.22.